The molecule has 0 aliphatic rings. The van der Waals surface area contributed by atoms with E-state index in [1.54, 1.807) is 24.7 Å². The first-order valence-electron chi connectivity index (χ1n) is 4.60. The van der Waals surface area contributed by atoms with E-state index in [0.29, 0.717) is 11.5 Å². The SMILES string of the molecule is O=[SH](=O)Cc1nccc(-c2ccncc2)n1. The molecule has 2 aromatic heterocycles. The molecule has 0 aromatic carbocycles. The molecule has 0 aliphatic carbocycles. The summed E-state index contributed by atoms with van der Waals surface area (Å²) < 4.78 is 21.1. The van der Waals surface area contributed by atoms with Crippen LogP contribution in [0.4, 0.5) is 0 Å². The number of rotatable bonds is 3. The lowest BCUT2D eigenvalue weighted by Crippen LogP contribution is -1.97. The molecular formula is C10H9N3O2S. The van der Waals surface area contributed by atoms with Crippen molar-refractivity contribution in [1.29, 1.82) is 0 Å². The molecule has 0 aliphatic heterocycles. The molecular weight excluding hydrogens is 226 g/mol. The van der Waals surface area contributed by atoms with Gasteiger partial charge in [0.25, 0.3) is 0 Å². The summed E-state index contributed by atoms with van der Waals surface area (Å²) in [6, 6.07) is 5.35. The Labute approximate surface area is 94.2 Å². The van der Waals surface area contributed by atoms with Crippen molar-refractivity contribution in [2.75, 3.05) is 0 Å². The van der Waals surface area contributed by atoms with Gasteiger partial charge in [-0.2, -0.15) is 0 Å². The molecule has 0 spiro atoms. The van der Waals surface area contributed by atoms with Gasteiger partial charge in [-0.3, -0.25) is 4.98 Å². The first-order chi connectivity index (χ1) is 7.75. The van der Waals surface area contributed by atoms with E-state index in [0.717, 1.165) is 5.56 Å². The molecule has 2 aromatic rings. The van der Waals surface area contributed by atoms with Crippen molar-refractivity contribution in [2.45, 2.75) is 5.75 Å². The van der Waals surface area contributed by atoms with Gasteiger partial charge >= 0.3 is 0 Å². The maximum Gasteiger partial charge on any atom is 0.147 e. The Balaban J connectivity index is 2.36. The third-order valence-electron chi connectivity index (χ3n) is 1.95. The Morgan fingerprint density at radius 1 is 1.06 bits per heavy atom. The summed E-state index contributed by atoms with van der Waals surface area (Å²) in [5.74, 6) is 0.180. The molecule has 16 heavy (non-hydrogen) atoms. The van der Waals surface area contributed by atoms with E-state index in [1.165, 1.54) is 0 Å². The molecule has 0 bridgehead atoms. The predicted molar refractivity (Wildman–Crippen MR) is 59.3 cm³/mol. The van der Waals surface area contributed by atoms with Crippen LogP contribution in [0.5, 0.6) is 0 Å². The van der Waals surface area contributed by atoms with Crippen molar-refractivity contribution in [1.82, 2.24) is 15.0 Å². The van der Waals surface area contributed by atoms with Gasteiger partial charge in [0.2, 0.25) is 0 Å². The highest BCUT2D eigenvalue weighted by Crippen LogP contribution is 2.14. The molecule has 0 N–H and O–H groups in total. The van der Waals surface area contributed by atoms with Crippen molar-refractivity contribution in [3.63, 3.8) is 0 Å². The second kappa shape index (κ2) is 4.80. The van der Waals surface area contributed by atoms with Crippen LogP contribution in [0.3, 0.4) is 0 Å². The minimum Gasteiger partial charge on any atom is -0.265 e. The Morgan fingerprint density at radius 2 is 1.81 bits per heavy atom. The Kier molecular flexibility index (Phi) is 3.21. The van der Waals surface area contributed by atoms with Crippen LogP contribution in [-0.2, 0) is 16.5 Å². The molecule has 6 heteroatoms. The summed E-state index contributed by atoms with van der Waals surface area (Å²) in [5, 5.41) is 0. The zero-order chi connectivity index (χ0) is 11.4. The van der Waals surface area contributed by atoms with E-state index in [2.05, 4.69) is 15.0 Å². The molecule has 0 unspecified atom stereocenters. The van der Waals surface area contributed by atoms with Crippen molar-refractivity contribution in [3.05, 3.63) is 42.6 Å². The van der Waals surface area contributed by atoms with Gasteiger partial charge < -0.3 is 0 Å². The van der Waals surface area contributed by atoms with Gasteiger partial charge in [0.1, 0.15) is 22.3 Å². The maximum atomic E-state index is 10.6. The zero-order valence-corrected chi connectivity index (χ0v) is 9.17. The van der Waals surface area contributed by atoms with Gasteiger partial charge in [-0.1, -0.05) is 0 Å². The van der Waals surface area contributed by atoms with Gasteiger partial charge in [0, 0.05) is 24.2 Å². The average Bonchev–Trinajstić information content (AvgIpc) is 2.30. The fourth-order valence-corrected chi connectivity index (χ4v) is 1.66. The predicted octanol–water partition coefficient (Wildman–Crippen LogP) is 0.650. The van der Waals surface area contributed by atoms with Crippen LogP contribution in [0.1, 0.15) is 5.82 Å². The summed E-state index contributed by atoms with van der Waals surface area (Å²) in [6.45, 7) is 0. The first kappa shape index (κ1) is 10.7. The van der Waals surface area contributed by atoms with Crippen molar-refractivity contribution >= 4 is 10.7 Å². The highest BCUT2D eigenvalue weighted by molar-refractivity contribution is 7.71. The number of nitrogens with zero attached hydrogens (tertiary/aromatic N) is 3. The quantitative estimate of drug-likeness (QED) is 0.791. The molecule has 2 heterocycles. The smallest absolute Gasteiger partial charge is 0.147 e. The second-order valence-electron chi connectivity index (χ2n) is 3.08. The number of hydrogen-bond acceptors (Lipinski definition) is 5. The van der Waals surface area contributed by atoms with Crippen LogP contribution in [-0.4, -0.2) is 23.4 Å². The lowest BCUT2D eigenvalue weighted by molar-refractivity contribution is 0.612. The maximum absolute atomic E-state index is 10.6. The highest BCUT2D eigenvalue weighted by atomic mass is 32.2. The fourth-order valence-electron chi connectivity index (χ4n) is 1.27. The zero-order valence-electron chi connectivity index (χ0n) is 8.28. The van der Waals surface area contributed by atoms with Gasteiger partial charge in [0.05, 0.1) is 5.69 Å². The normalized spacial score (nSPS) is 10.6. The topological polar surface area (TPSA) is 72.8 Å². The average molecular weight is 235 g/mol. The van der Waals surface area contributed by atoms with Gasteiger partial charge in [-0.25, -0.2) is 18.4 Å². The molecule has 5 nitrogen and oxygen atoms in total. The van der Waals surface area contributed by atoms with E-state index in [1.807, 2.05) is 12.1 Å². The summed E-state index contributed by atoms with van der Waals surface area (Å²) in [4.78, 5) is 12.0. The molecule has 0 amide bonds. The van der Waals surface area contributed by atoms with Gasteiger partial charge in [-0.05, 0) is 18.2 Å². The Morgan fingerprint density at radius 3 is 2.50 bits per heavy atom. The van der Waals surface area contributed by atoms with Gasteiger partial charge in [-0.15, -0.1) is 0 Å². The third kappa shape index (κ3) is 2.60. The summed E-state index contributed by atoms with van der Waals surface area (Å²) in [5.41, 5.74) is 1.59. The third-order valence-corrected chi connectivity index (χ3v) is 2.49. The van der Waals surface area contributed by atoms with Crippen LogP contribution in [0.15, 0.2) is 36.8 Å². The van der Waals surface area contributed by atoms with Crippen molar-refractivity contribution < 1.29 is 8.42 Å². The highest BCUT2D eigenvalue weighted by Gasteiger charge is 2.02. The largest absolute Gasteiger partial charge is 0.265 e. The van der Waals surface area contributed by atoms with Crippen LogP contribution in [0, 0.1) is 0 Å². The summed E-state index contributed by atoms with van der Waals surface area (Å²) in [7, 11) is -2.50. The molecule has 82 valence electrons. The Hall–Kier alpha value is -1.82. The van der Waals surface area contributed by atoms with E-state index >= 15 is 0 Å². The molecule has 0 atom stereocenters. The summed E-state index contributed by atoms with van der Waals surface area (Å²) >= 11 is 0. The van der Waals surface area contributed by atoms with Gasteiger partial charge in [0.15, 0.2) is 0 Å². The minimum atomic E-state index is -2.50. The number of pyridine rings is 1. The van der Waals surface area contributed by atoms with E-state index in [4.69, 9.17) is 0 Å². The number of aromatic nitrogens is 3. The molecule has 2 rings (SSSR count). The summed E-state index contributed by atoms with van der Waals surface area (Å²) in [6.07, 6.45) is 4.87. The molecule has 0 saturated carbocycles. The molecule has 0 radical (unpaired) electrons. The fraction of sp³-hybridized carbons (Fsp3) is 0.100. The van der Waals surface area contributed by atoms with E-state index in [-0.39, 0.29) is 5.75 Å². The van der Waals surface area contributed by atoms with Crippen LogP contribution in [0.25, 0.3) is 11.3 Å². The second-order valence-corrected chi connectivity index (χ2v) is 4.07. The van der Waals surface area contributed by atoms with Crippen LogP contribution in [0.2, 0.25) is 0 Å². The van der Waals surface area contributed by atoms with Crippen molar-refractivity contribution in [3.8, 4) is 11.3 Å². The lowest BCUT2D eigenvalue weighted by atomic mass is 10.2. The number of thiol groups is 1. The number of hydrogen-bond donors (Lipinski definition) is 1. The van der Waals surface area contributed by atoms with E-state index < -0.39 is 10.7 Å². The molecule has 0 saturated heterocycles. The van der Waals surface area contributed by atoms with Crippen LogP contribution >= 0.6 is 0 Å². The van der Waals surface area contributed by atoms with Crippen LogP contribution < -0.4 is 0 Å². The van der Waals surface area contributed by atoms with Crippen molar-refractivity contribution in [2.24, 2.45) is 0 Å². The monoisotopic (exact) mass is 235 g/mol. The Bertz CT molecular complexity index is 547. The van der Waals surface area contributed by atoms with E-state index in [9.17, 15) is 8.42 Å². The minimum absolute atomic E-state index is 0.131. The molecule has 0 fully saturated rings. The first-order valence-corrected chi connectivity index (χ1v) is 5.96. The lowest BCUT2D eigenvalue weighted by Gasteiger charge is -2.00. The standard InChI is InChI=1S/C10H9N3O2S/c14-16(15)7-10-12-6-3-9(13-10)8-1-4-11-5-2-8/h1-6,16H,7H2.